The zero-order chi connectivity index (χ0) is 14.1. The number of rotatable bonds is 3. The molecular formula is C13H11BrN4OS. The fourth-order valence-electron chi connectivity index (χ4n) is 1.97. The number of fused-ring (bicyclic) bond motifs is 1. The number of imidazole rings is 1. The van der Waals surface area contributed by atoms with E-state index in [9.17, 15) is 0 Å². The van der Waals surface area contributed by atoms with Gasteiger partial charge >= 0.3 is 0 Å². The Morgan fingerprint density at radius 2 is 2.20 bits per heavy atom. The number of H-pyrrole nitrogens is 1. The third-order valence-corrected chi connectivity index (χ3v) is 3.68. The van der Waals surface area contributed by atoms with Gasteiger partial charge in [0.15, 0.2) is 10.4 Å². The molecule has 0 fully saturated rings. The second-order valence-corrected chi connectivity index (χ2v) is 5.55. The van der Waals surface area contributed by atoms with Crippen molar-refractivity contribution in [1.82, 2.24) is 19.5 Å². The van der Waals surface area contributed by atoms with Gasteiger partial charge in [0, 0.05) is 22.9 Å². The van der Waals surface area contributed by atoms with Crippen LogP contribution in [-0.4, -0.2) is 26.6 Å². The predicted molar refractivity (Wildman–Crippen MR) is 82.5 cm³/mol. The van der Waals surface area contributed by atoms with Gasteiger partial charge in [0.05, 0.1) is 19.2 Å². The van der Waals surface area contributed by atoms with E-state index in [0.29, 0.717) is 17.2 Å². The molecular weight excluding hydrogens is 340 g/mol. The Labute approximate surface area is 128 Å². The van der Waals surface area contributed by atoms with Crippen LogP contribution in [0.3, 0.4) is 0 Å². The second-order valence-electron chi connectivity index (χ2n) is 4.25. The number of nitrogens with one attached hydrogen (secondary N) is 1. The van der Waals surface area contributed by atoms with Crippen LogP contribution >= 0.6 is 28.1 Å². The van der Waals surface area contributed by atoms with Crippen LogP contribution in [0.25, 0.3) is 11.2 Å². The third-order valence-electron chi connectivity index (χ3n) is 2.92. The van der Waals surface area contributed by atoms with Crippen LogP contribution in [0.4, 0.5) is 0 Å². The summed E-state index contributed by atoms with van der Waals surface area (Å²) in [5, 5.41) is 0. The molecule has 0 atom stereocenters. The van der Waals surface area contributed by atoms with Crippen LogP contribution in [0, 0.1) is 4.77 Å². The second kappa shape index (κ2) is 5.34. The highest BCUT2D eigenvalue weighted by molar-refractivity contribution is 9.10. The molecule has 3 rings (SSSR count). The maximum Gasteiger partial charge on any atom is 0.212 e. The van der Waals surface area contributed by atoms with Gasteiger partial charge in [-0.25, -0.2) is 9.97 Å². The van der Waals surface area contributed by atoms with Gasteiger partial charge in [-0.05, 0) is 39.8 Å². The Bertz CT molecular complexity index is 809. The topological polar surface area (TPSA) is 55.7 Å². The number of pyridine rings is 2. The number of methoxy groups -OCH3 is 1. The van der Waals surface area contributed by atoms with E-state index in [2.05, 4.69) is 30.9 Å². The summed E-state index contributed by atoms with van der Waals surface area (Å²) in [6.45, 7) is 0.616. The fourth-order valence-corrected chi connectivity index (χ4v) is 2.56. The number of nitrogens with zero attached hydrogens (tertiary/aromatic N) is 3. The van der Waals surface area contributed by atoms with Crippen LogP contribution in [-0.2, 0) is 6.54 Å². The summed E-state index contributed by atoms with van der Waals surface area (Å²) in [4.78, 5) is 11.7. The van der Waals surface area contributed by atoms with E-state index in [0.717, 1.165) is 21.2 Å². The van der Waals surface area contributed by atoms with Crippen molar-refractivity contribution in [2.24, 2.45) is 0 Å². The van der Waals surface area contributed by atoms with E-state index in [4.69, 9.17) is 17.0 Å². The molecule has 0 aliphatic heterocycles. The molecule has 0 spiro atoms. The highest BCUT2D eigenvalue weighted by Gasteiger charge is 2.07. The number of hydrogen-bond donors (Lipinski definition) is 1. The lowest BCUT2D eigenvalue weighted by molar-refractivity contribution is 0.397. The molecule has 3 aromatic heterocycles. The molecule has 1 N–H and O–H groups in total. The smallest absolute Gasteiger partial charge is 0.212 e. The van der Waals surface area contributed by atoms with Crippen LogP contribution in [0.5, 0.6) is 5.88 Å². The summed E-state index contributed by atoms with van der Waals surface area (Å²) in [7, 11) is 1.60. The summed E-state index contributed by atoms with van der Waals surface area (Å²) in [6, 6.07) is 5.75. The summed E-state index contributed by atoms with van der Waals surface area (Å²) in [5.41, 5.74) is 2.77. The lowest BCUT2D eigenvalue weighted by Gasteiger charge is -2.05. The summed E-state index contributed by atoms with van der Waals surface area (Å²) >= 11 is 8.75. The van der Waals surface area contributed by atoms with E-state index in [1.807, 2.05) is 22.8 Å². The van der Waals surface area contributed by atoms with Crippen molar-refractivity contribution in [3.63, 3.8) is 0 Å². The highest BCUT2D eigenvalue weighted by Crippen LogP contribution is 2.18. The first-order valence-electron chi connectivity index (χ1n) is 5.90. The Kier molecular flexibility index (Phi) is 3.54. The molecule has 102 valence electrons. The van der Waals surface area contributed by atoms with Gasteiger partial charge in [0.1, 0.15) is 0 Å². The zero-order valence-electron chi connectivity index (χ0n) is 10.6. The minimum Gasteiger partial charge on any atom is -0.481 e. The molecule has 0 amide bonds. The first-order valence-corrected chi connectivity index (χ1v) is 7.10. The van der Waals surface area contributed by atoms with Crippen molar-refractivity contribution in [3.05, 3.63) is 45.4 Å². The number of ether oxygens (including phenoxy) is 1. The predicted octanol–water partition coefficient (Wildman–Crippen LogP) is 3.31. The molecule has 0 saturated heterocycles. The molecule has 5 nitrogen and oxygen atoms in total. The summed E-state index contributed by atoms with van der Waals surface area (Å²) in [6.07, 6.45) is 3.53. The standard InChI is InChI=1S/C13H11BrN4OS/c1-19-11-3-2-8(5-15-11)7-18-12-10(17-13(18)20)4-9(14)6-16-12/h2-6H,7H2,1H3,(H,17,20). The van der Waals surface area contributed by atoms with Crippen molar-refractivity contribution < 1.29 is 4.74 Å². The van der Waals surface area contributed by atoms with Crippen molar-refractivity contribution >= 4 is 39.3 Å². The maximum atomic E-state index is 5.35. The van der Waals surface area contributed by atoms with Gasteiger partial charge in [0.25, 0.3) is 0 Å². The summed E-state index contributed by atoms with van der Waals surface area (Å²) < 4.78 is 8.55. The number of halogens is 1. The normalized spacial score (nSPS) is 10.9. The lowest BCUT2D eigenvalue weighted by atomic mass is 10.3. The molecule has 3 aromatic rings. The number of aromatic amines is 1. The van der Waals surface area contributed by atoms with Crippen molar-refractivity contribution in [3.8, 4) is 5.88 Å². The van der Waals surface area contributed by atoms with Gasteiger partial charge < -0.3 is 9.72 Å². The van der Waals surface area contributed by atoms with Crippen LogP contribution in [0.15, 0.2) is 35.1 Å². The average molecular weight is 351 g/mol. The molecule has 20 heavy (non-hydrogen) atoms. The third kappa shape index (κ3) is 2.46. The van der Waals surface area contributed by atoms with E-state index in [1.54, 1.807) is 19.5 Å². The van der Waals surface area contributed by atoms with Crippen LogP contribution < -0.4 is 4.74 Å². The highest BCUT2D eigenvalue weighted by atomic mass is 79.9. The zero-order valence-corrected chi connectivity index (χ0v) is 13.0. The van der Waals surface area contributed by atoms with E-state index in [1.165, 1.54) is 0 Å². The number of aromatic nitrogens is 4. The first kappa shape index (κ1) is 13.3. The summed E-state index contributed by atoms with van der Waals surface area (Å²) in [5.74, 6) is 0.596. The molecule has 0 saturated carbocycles. The van der Waals surface area contributed by atoms with Gasteiger partial charge in [-0.1, -0.05) is 6.07 Å². The Balaban J connectivity index is 2.01. The van der Waals surface area contributed by atoms with Gasteiger partial charge in [0.2, 0.25) is 5.88 Å². The maximum absolute atomic E-state index is 5.35. The molecule has 0 aliphatic carbocycles. The van der Waals surface area contributed by atoms with Gasteiger partial charge in [-0.15, -0.1) is 0 Å². The molecule has 3 heterocycles. The Morgan fingerprint density at radius 1 is 1.35 bits per heavy atom. The van der Waals surface area contributed by atoms with E-state index < -0.39 is 0 Å². The monoisotopic (exact) mass is 350 g/mol. The first-order chi connectivity index (χ1) is 9.67. The van der Waals surface area contributed by atoms with Gasteiger partial charge in [-0.3, -0.25) is 4.57 Å². The fraction of sp³-hybridized carbons (Fsp3) is 0.154. The Morgan fingerprint density at radius 3 is 2.90 bits per heavy atom. The van der Waals surface area contributed by atoms with Crippen LogP contribution in [0.2, 0.25) is 0 Å². The quantitative estimate of drug-likeness (QED) is 0.736. The van der Waals surface area contributed by atoms with Gasteiger partial charge in [-0.2, -0.15) is 0 Å². The number of hydrogen-bond acceptors (Lipinski definition) is 4. The molecule has 7 heteroatoms. The minimum absolute atomic E-state index is 0.596. The molecule has 0 unspecified atom stereocenters. The van der Waals surface area contributed by atoms with E-state index >= 15 is 0 Å². The van der Waals surface area contributed by atoms with Crippen molar-refractivity contribution in [1.29, 1.82) is 0 Å². The molecule has 0 aromatic carbocycles. The van der Waals surface area contributed by atoms with E-state index in [-0.39, 0.29) is 0 Å². The SMILES string of the molecule is COc1ccc(Cn2c(=S)[nH]c3cc(Br)cnc32)cn1. The molecule has 0 aliphatic rings. The average Bonchev–Trinajstić information content (AvgIpc) is 2.75. The van der Waals surface area contributed by atoms with Crippen molar-refractivity contribution in [2.75, 3.05) is 7.11 Å². The van der Waals surface area contributed by atoms with Crippen LogP contribution in [0.1, 0.15) is 5.56 Å². The molecule has 0 bridgehead atoms. The van der Waals surface area contributed by atoms with Crippen molar-refractivity contribution in [2.45, 2.75) is 6.54 Å². The Hall–Kier alpha value is -1.73. The largest absolute Gasteiger partial charge is 0.481 e. The minimum atomic E-state index is 0.596. The lowest BCUT2D eigenvalue weighted by Crippen LogP contribution is -2.01. The molecule has 0 radical (unpaired) electrons.